The summed E-state index contributed by atoms with van der Waals surface area (Å²) in [7, 11) is 1.81. The van der Waals surface area contributed by atoms with E-state index in [1.165, 1.54) is 0 Å². The molecule has 0 bridgehead atoms. The van der Waals surface area contributed by atoms with Gasteiger partial charge in [0.2, 0.25) is 0 Å². The number of aromatic nitrogens is 2. The number of hydrogen-bond acceptors (Lipinski definition) is 3. The summed E-state index contributed by atoms with van der Waals surface area (Å²) < 4.78 is 1.73. The number of aryl methyl sites for hydroxylation is 1. The molecule has 1 aliphatic heterocycles. The lowest BCUT2D eigenvalue weighted by Crippen LogP contribution is -2.44. The fourth-order valence-corrected chi connectivity index (χ4v) is 2.31. The number of likely N-dealkylation sites (tertiary alicyclic amines) is 1. The molecule has 0 saturated carbocycles. The lowest BCUT2D eigenvalue weighted by molar-refractivity contribution is 0.0694. The summed E-state index contributed by atoms with van der Waals surface area (Å²) in [5.74, 6) is 0.155. The molecule has 5 nitrogen and oxygen atoms in total. The molecule has 92 valence electrons. The number of carbonyl (C=O) groups excluding carboxylic acids is 1. The third-order valence-electron chi connectivity index (χ3n) is 3.15. The van der Waals surface area contributed by atoms with Gasteiger partial charge in [-0.25, -0.2) is 4.98 Å². The van der Waals surface area contributed by atoms with Gasteiger partial charge in [-0.3, -0.25) is 4.79 Å². The Labute approximate surface area is 106 Å². The fourth-order valence-electron chi connectivity index (χ4n) is 2.12. The molecular weight excluding hydrogens is 236 g/mol. The Kier molecular flexibility index (Phi) is 3.42. The van der Waals surface area contributed by atoms with Crippen LogP contribution in [0, 0.1) is 5.92 Å². The van der Waals surface area contributed by atoms with Crippen molar-refractivity contribution in [3.05, 3.63) is 18.2 Å². The zero-order valence-electron chi connectivity index (χ0n) is 9.80. The second-order valence-electron chi connectivity index (χ2n) is 4.38. The van der Waals surface area contributed by atoms with Crippen LogP contribution in [0.25, 0.3) is 0 Å². The molecule has 1 fully saturated rings. The highest BCUT2D eigenvalue weighted by atomic mass is 32.1. The maximum absolute atomic E-state index is 12.2. The Morgan fingerprint density at radius 2 is 2.41 bits per heavy atom. The van der Waals surface area contributed by atoms with Crippen molar-refractivity contribution in [2.75, 3.05) is 13.1 Å². The summed E-state index contributed by atoms with van der Waals surface area (Å²) in [5, 5.41) is 0. The van der Waals surface area contributed by atoms with E-state index in [1.807, 2.05) is 11.9 Å². The molecule has 1 unspecified atom stereocenters. The van der Waals surface area contributed by atoms with Gasteiger partial charge in [-0.2, -0.15) is 0 Å². The first-order valence-corrected chi connectivity index (χ1v) is 6.05. The first-order valence-electron chi connectivity index (χ1n) is 5.64. The third kappa shape index (κ3) is 2.46. The molecular formula is C11H16N4OS. The van der Waals surface area contributed by atoms with Crippen LogP contribution in [-0.4, -0.2) is 38.4 Å². The zero-order chi connectivity index (χ0) is 12.4. The normalized spacial score (nSPS) is 20.3. The molecule has 0 aromatic carbocycles. The minimum absolute atomic E-state index is 0.00551. The van der Waals surface area contributed by atoms with Gasteiger partial charge in [0.05, 0.1) is 17.5 Å². The maximum atomic E-state index is 12.2. The number of nitrogens with two attached hydrogens (primary N) is 1. The van der Waals surface area contributed by atoms with Crippen LogP contribution in [0.2, 0.25) is 0 Å². The molecule has 0 aliphatic carbocycles. The molecule has 1 atom stereocenters. The average Bonchev–Trinajstić information content (AvgIpc) is 2.74. The van der Waals surface area contributed by atoms with E-state index in [-0.39, 0.29) is 11.8 Å². The van der Waals surface area contributed by atoms with Crippen LogP contribution < -0.4 is 5.73 Å². The number of piperidine rings is 1. The number of hydrogen-bond donors (Lipinski definition) is 1. The van der Waals surface area contributed by atoms with E-state index in [4.69, 9.17) is 18.0 Å². The van der Waals surface area contributed by atoms with Crippen LogP contribution >= 0.6 is 12.2 Å². The highest BCUT2D eigenvalue weighted by molar-refractivity contribution is 7.80. The lowest BCUT2D eigenvalue weighted by Gasteiger charge is -2.32. The Balaban J connectivity index is 2.10. The minimum Gasteiger partial charge on any atom is -0.393 e. The van der Waals surface area contributed by atoms with Crippen molar-refractivity contribution in [2.45, 2.75) is 12.8 Å². The maximum Gasteiger partial charge on any atom is 0.272 e. The summed E-state index contributed by atoms with van der Waals surface area (Å²) in [6.45, 7) is 1.39. The van der Waals surface area contributed by atoms with Gasteiger partial charge in [0.1, 0.15) is 5.69 Å². The van der Waals surface area contributed by atoms with E-state index in [2.05, 4.69) is 4.98 Å². The van der Waals surface area contributed by atoms with Gasteiger partial charge in [0.15, 0.2) is 0 Å². The first kappa shape index (κ1) is 12.0. The molecule has 6 heteroatoms. The van der Waals surface area contributed by atoms with Gasteiger partial charge in [-0.1, -0.05) is 12.2 Å². The summed E-state index contributed by atoms with van der Waals surface area (Å²) in [6.07, 6.45) is 5.14. The van der Waals surface area contributed by atoms with Crippen molar-refractivity contribution in [3.8, 4) is 0 Å². The molecule has 1 saturated heterocycles. The van der Waals surface area contributed by atoms with E-state index in [0.29, 0.717) is 17.2 Å². The Morgan fingerprint density at radius 1 is 1.65 bits per heavy atom. The van der Waals surface area contributed by atoms with E-state index in [1.54, 1.807) is 17.1 Å². The highest BCUT2D eigenvalue weighted by Gasteiger charge is 2.26. The number of rotatable bonds is 2. The molecule has 1 amide bonds. The molecule has 2 heterocycles. The second kappa shape index (κ2) is 4.83. The summed E-state index contributed by atoms with van der Waals surface area (Å²) in [4.78, 5) is 18.5. The number of thiocarbonyl (C=S) groups is 1. The average molecular weight is 252 g/mol. The van der Waals surface area contributed by atoms with Crippen molar-refractivity contribution < 1.29 is 4.79 Å². The fraction of sp³-hybridized carbons (Fsp3) is 0.545. The standard InChI is InChI=1S/C11H16N4OS/c1-14-7-13-5-9(14)11(16)15-4-2-3-8(6-15)10(12)17/h5,7-8H,2-4,6H2,1H3,(H2,12,17). The van der Waals surface area contributed by atoms with Crippen LogP contribution in [0.1, 0.15) is 23.3 Å². The predicted octanol–water partition coefficient (Wildman–Crippen LogP) is 0.558. The molecule has 0 radical (unpaired) electrons. The van der Waals surface area contributed by atoms with Crippen molar-refractivity contribution in [1.29, 1.82) is 0 Å². The first-order chi connectivity index (χ1) is 8.09. The molecule has 1 aromatic rings. The largest absolute Gasteiger partial charge is 0.393 e. The SMILES string of the molecule is Cn1cncc1C(=O)N1CCCC(C(N)=S)C1. The Bertz CT molecular complexity index is 442. The van der Waals surface area contributed by atoms with E-state index >= 15 is 0 Å². The van der Waals surface area contributed by atoms with Crippen molar-refractivity contribution in [3.63, 3.8) is 0 Å². The van der Waals surface area contributed by atoms with E-state index in [9.17, 15) is 4.79 Å². The van der Waals surface area contributed by atoms with Crippen molar-refractivity contribution in [1.82, 2.24) is 14.5 Å². The van der Waals surface area contributed by atoms with E-state index < -0.39 is 0 Å². The monoisotopic (exact) mass is 252 g/mol. The number of carbonyl (C=O) groups is 1. The zero-order valence-corrected chi connectivity index (χ0v) is 10.6. The van der Waals surface area contributed by atoms with Crippen LogP contribution in [0.15, 0.2) is 12.5 Å². The van der Waals surface area contributed by atoms with Gasteiger partial charge in [0, 0.05) is 26.1 Å². The minimum atomic E-state index is 0.00551. The molecule has 1 aliphatic rings. The molecule has 2 N–H and O–H groups in total. The van der Waals surface area contributed by atoms with Crippen LogP contribution in [-0.2, 0) is 7.05 Å². The Hall–Kier alpha value is -1.43. The molecule has 1 aromatic heterocycles. The quantitative estimate of drug-likeness (QED) is 0.781. The molecule has 0 spiro atoms. The summed E-state index contributed by atoms with van der Waals surface area (Å²) in [5.41, 5.74) is 6.26. The van der Waals surface area contributed by atoms with E-state index in [0.717, 1.165) is 19.4 Å². The van der Waals surface area contributed by atoms with Gasteiger partial charge in [-0.05, 0) is 12.8 Å². The van der Waals surface area contributed by atoms with Crippen LogP contribution in [0.5, 0.6) is 0 Å². The van der Waals surface area contributed by atoms with Crippen molar-refractivity contribution in [2.24, 2.45) is 18.7 Å². The van der Waals surface area contributed by atoms with Gasteiger partial charge < -0.3 is 15.2 Å². The van der Waals surface area contributed by atoms with Gasteiger partial charge >= 0.3 is 0 Å². The smallest absolute Gasteiger partial charge is 0.272 e. The van der Waals surface area contributed by atoms with Crippen LogP contribution in [0.4, 0.5) is 0 Å². The topological polar surface area (TPSA) is 64.2 Å². The number of imidazole rings is 1. The predicted molar refractivity (Wildman–Crippen MR) is 68.6 cm³/mol. The van der Waals surface area contributed by atoms with Crippen molar-refractivity contribution >= 4 is 23.1 Å². The highest BCUT2D eigenvalue weighted by Crippen LogP contribution is 2.18. The van der Waals surface area contributed by atoms with Gasteiger partial charge in [0.25, 0.3) is 5.91 Å². The van der Waals surface area contributed by atoms with Crippen LogP contribution in [0.3, 0.4) is 0 Å². The number of nitrogens with zero attached hydrogens (tertiary/aromatic N) is 3. The molecule has 2 rings (SSSR count). The summed E-state index contributed by atoms with van der Waals surface area (Å²) in [6, 6.07) is 0. The summed E-state index contributed by atoms with van der Waals surface area (Å²) >= 11 is 5.00. The molecule has 17 heavy (non-hydrogen) atoms. The third-order valence-corrected chi connectivity index (χ3v) is 3.48. The number of amides is 1. The second-order valence-corrected chi connectivity index (χ2v) is 4.85. The Morgan fingerprint density at radius 3 is 3.00 bits per heavy atom. The van der Waals surface area contributed by atoms with Gasteiger partial charge in [-0.15, -0.1) is 0 Å². The lowest BCUT2D eigenvalue weighted by atomic mass is 9.98.